The average molecular weight is 99.2 g/mol. The van der Waals surface area contributed by atoms with E-state index in [0.717, 1.165) is 0 Å². The minimum atomic E-state index is 0.164. The van der Waals surface area contributed by atoms with Gasteiger partial charge < -0.3 is 0 Å². The molecule has 0 heterocycles. The van der Waals surface area contributed by atoms with E-state index in [1.54, 1.807) is 0 Å². The van der Waals surface area contributed by atoms with Crippen LogP contribution in [-0.2, 0) is 4.79 Å². The smallest absolute Gasteiger partial charge is 0.135 e. The monoisotopic (exact) mass is 99.1 g/mol. The van der Waals surface area contributed by atoms with Crippen molar-refractivity contribution >= 4 is 5.78 Å². The van der Waals surface area contributed by atoms with Crippen LogP contribution in [0.3, 0.4) is 0 Å². The number of hydrogen-bond donors (Lipinski definition) is 0. The highest BCUT2D eigenvalue weighted by Crippen LogP contribution is 1.95. The molecule has 0 aliphatic rings. The van der Waals surface area contributed by atoms with Gasteiger partial charge in [0, 0.05) is 12.3 Å². The highest BCUT2D eigenvalue weighted by atomic mass is 16.1. The minimum absolute atomic E-state index is 0.164. The van der Waals surface area contributed by atoms with Crippen molar-refractivity contribution in [3.05, 3.63) is 6.92 Å². The summed E-state index contributed by atoms with van der Waals surface area (Å²) in [5.74, 6) is 0.400. The summed E-state index contributed by atoms with van der Waals surface area (Å²) < 4.78 is 0. The summed E-state index contributed by atoms with van der Waals surface area (Å²) in [6.45, 7) is 7.22. The van der Waals surface area contributed by atoms with Crippen LogP contribution in [0.15, 0.2) is 0 Å². The first-order valence-corrected chi connectivity index (χ1v) is 2.50. The standard InChI is InChI=1S/C6H11O/c1-4-6(7)5(2)3/h5H,1,4H2,2-3H3. The van der Waals surface area contributed by atoms with Crippen LogP contribution < -0.4 is 0 Å². The van der Waals surface area contributed by atoms with Crippen LogP contribution in [0.1, 0.15) is 20.3 Å². The van der Waals surface area contributed by atoms with Crippen LogP contribution in [0.25, 0.3) is 0 Å². The maximum Gasteiger partial charge on any atom is 0.135 e. The molecule has 0 spiro atoms. The van der Waals surface area contributed by atoms with Gasteiger partial charge in [-0.25, -0.2) is 0 Å². The van der Waals surface area contributed by atoms with Gasteiger partial charge in [0.2, 0.25) is 0 Å². The van der Waals surface area contributed by atoms with Crippen LogP contribution in [-0.4, -0.2) is 5.78 Å². The summed E-state index contributed by atoms with van der Waals surface area (Å²) in [4.78, 5) is 10.4. The second kappa shape index (κ2) is 2.78. The summed E-state index contributed by atoms with van der Waals surface area (Å²) in [6, 6.07) is 0. The fourth-order valence-corrected chi connectivity index (χ4v) is 0.289. The van der Waals surface area contributed by atoms with E-state index in [1.807, 2.05) is 13.8 Å². The van der Waals surface area contributed by atoms with Crippen molar-refractivity contribution in [1.82, 2.24) is 0 Å². The first-order valence-electron chi connectivity index (χ1n) is 2.50. The van der Waals surface area contributed by atoms with Gasteiger partial charge in [-0.1, -0.05) is 13.8 Å². The van der Waals surface area contributed by atoms with Crippen LogP contribution in [0.5, 0.6) is 0 Å². The van der Waals surface area contributed by atoms with Crippen molar-refractivity contribution in [1.29, 1.82) is 0 Å². The normalized spacial score (nSPS) is 9.71. The molecule has 0 aromatic heterocycles. The zero-order valence-corrected chi connectivity index (χ0v) is 4.90. The number of Topliss-reactive ketones (excluding diaryl/α,β-unsaturated/α-hetero) is 1. The third kappa shape index (κ3) is 2.38. The molecule has 0 saturated heterocycles. The second-order valence-electron chi connectivity index (χ2n) is 1.87. The molecule has 0 saturated carbocycles. The van der Waals surface area contributed by atoms with E-state index >= 15 is 0 Å². The molecule has 7 heavy (non-hydrogen) atoms. The number of rotatable bonds is 2. The Balaban J connectivity index is 3.35. The Labute approximate surface area is 44.7 Å². The topological polar surface area (TPSA) is 17.1 Å². The molecule has 0 fully saturated rings. The van der Waals surface area contributed by atoms with Gasteiger partial charge in [0.05, 0.1) is 0 Å². The SMILES string of the molecule is [CH2]CC(=O)C(C)C. The molecule has 0 bridgehead atoms. The summed E-state index contributed by atoms with van der Waals surface area (Å²) in [5.41, 5.74) is 0. The van der Waals surface area contributed by atoms with E-state index in [4.69, 9.17) is 0 Å². The largest absolute Gasteiger partial charge is 0.299 e. The molecule has 1 radical (unpaired) electrons. The van der Waals surface area contributed by atoms with Gasteiger partial charge in [-0.3, -0.25) is 4.79 Å². The lowest BCUT2D eigenvalue weighted by Gasteiger charge is -1.95. The summed E-state index contributed by atoms with van der Waals surface area (Å²) in [5, 5.41) is 0. The molecule has 1 nitrogen and oxygen atoms in total. The van der Waals surface area contributed by atoms with Gasteiger partial charge in [-0.15, -0.1) is 0 Å². The first-order chi connectivity index (χ1) is 3.18. The van der Waals surface area contributed by atoms with E-state index in [1.165, 1.54) is 0 Å². The van der Waals surface area contributed by atoms with Gasteiger partial charge in [-0.05, 0) is 6.92 Å². The summed E-state index contributed by atoms with van der Waals surface area (Å²) in [7, 11) is 0. The third-order valence-corrected chi connectivity index (χ3v) is 0.890. The zero-order valence-electron chi connectivity index (χ0n) is 4.90. The molecule has 0 aliphatic heterocycles. The average Bonchev–Trinajstić information content (AvgIpc) is 1.65. The highest BCUT2D eigenvalue weighted by molar-refractivity contribution is 5.80. The van der Waals surface area contributed by atoms with Gasteiger partial charge in [0.15, 0.2) is 0 Å². The Hall–Kier alpha value is -0.330. The van der Waals surface area contributed by atoms with Gasteiger partial charge in [-0.2, -0.15) is 0 Å². The predicted octanol–water partition coefficient (Wildman–Crippen LogP) is 1.44. The molecule has 0 N–H and O–H groups in total. The second-order valence-corrected chi connectivity index (χ2v) is 1.87. The lowest BCUT2D eigenvalue weighted by molar-refractivity contribution is -0.121. The van der Waals surface area contributed by atoms with E-state index in [2.05, 4.69) is 6.92 Å². The van der Waals surface area contributed by atoms with Crippen LogP contribution in [0, 0.1) is 12.8 Å². The molecular formula is C6H11O. The van der Waals surface area contributed by atoms with Crippen molar-refractivity contribution in [3.8, 4) is 0 Å². The number of ketones is 1. The summed E-state index contributed by atoms with van der Waals surface area (Å²) >= 11 is 0. The Morgan fingerprint density at radius 3 is 2.14 bits per heavy atom. The number of carbonyl (C=O) groups is 1. The molecule has 0 aromatic carbocycles. The lowest BCUT2D eigenvalue weighted by atomic mass is 10.1. The van der Waals surface area contributed by atoms with E-state index in [9.17, 15) is 4.79 Å². The van der Waals surface area contributed by atoms with Crippen molar-refractivity contribution < 1.29 is 4.79 Å². The number of carbonyl (C=O) groups excluding carboxylic acids is 1. The maximum atomic E-state index is 10.4. The Morgan fingerprint density at radius 1 is 1.71 bits per heavy atom. The van der Waals surface area contributed by atoms with E-state index in [-0.39, 0.29) is 11.7 Å². The highest BCUT2D eigenvalue weighted by Gasteiger charge is 2.00. The van der Waals surface area contributed by atoms with Gasteiger partial charge in [0.25, 0.3) is 0 Å². The molecule has 0 aromatic rings. The van der Waals surface area contributed by atoms with Crippen molar-refractivity contribution in [2.24, 2.45) is 5.92 Å². The fraction of sp³-hybridized carbons (Fsp3) is 0.667. The molecular weight excluding hydrogens is 88.1 g/mol. The molecule has 0 atom stereocenters. The minimum Gasteiger partial charge on any atom is -0.299 e. The molecule has 0 unspecified atom stereocenters. The summed E-state index contributed by atoms with van der Waals surface area (Å²) in [6.07, 6.45) is 0.428. The molecule has 41 valence electrons. The maximum absolute atomic E-state index is 10.4. The van der Waals surface area contributed by atoms with E-state index < -0.39 is 0 Å². The predicted molar refractivity (Wildman–Crippen MR) is 29.8 cm³/mol. The molecule has 0 amide bonds. The molecule has 0 rings (SSSR count). The van der Waals surface area contributed by atoms with Crippen molar-refractivity contribution in [2.45, 2.75) is 20.3 Å². The first kappa shape index (κ1) is 6.67. The quantitative estimate of drug-likeness (QED) is 0.512. The van der Waals surface area contributed by atoms with Crippen LogP contribution in [0.2, 0.25) is 0 Å². The fourth-order valence-electron chi connectivity index (χ4n) is 0.289. The number of hydrogen-bond acceptors (Lipinski definition) is 1. The lowest BCUT2D eigenvalue weighted by Crippen LogP contribution is -2.03. The Morgan fingerprint density at radius 2 is 2.14 bits per heavy atom. The van der Waals surface area contributed by atoms with Crippen molar-refractivity contribution in [3.63, 3.8) is 0 Å². The van der Waals surface area contributed by atoms with Crippen LogP contribution >= 0.6 is 0 Å². The van der Waals surface area contributed by atoms with Gasteiger partial charge in [0.1, 0.15) is 5.78 Å². The zero-order chi connectivity index (χ0) is 5.86. The van der Waals surface area contributed by atoms with Crippen molar-refractivity contribution in [2.75, 3.05) is 0 Å². The van der Waals surface area contributed by atoms with E-state index in [0.29, 0.717) is 6.42 Å². The third-order valence-electron chi connectivity index (χ3n) is 0.890. The Bertz CT molecular complexity index is 64.6. The molecule has 0 aliphatic carbocycles. The molecule has 1 heteroatoms. The van der Waals surface area contributed by atoms with Crippen LogP contribution in [0.4, 0.5) is 0 Å². The van der Waals surface area contributed by atoms with Gasteiger partial charge >= 0.3 is 0 Å². The Kier molecular flexibility index (Phi) is 2.65.